The third-order valence-electron chi connectivity index (χ3n) is 1.68. The topological polar surface area (TPSA) is 9.23 Å². The van der Waals surface area contributed by atoms with Crippen molar-refractivity contribution >= 4 is 20.2 Å². The van der Waals surface area contributed by atoms with Crippen molar-refractivity contribution in [1.82, 2.24) is 0 Å². The van der Waals surface area contributed by atoms with Crippen LogP contribution >= 0.6 is 0 Å². The molecule has 0 saturated carbocycles. The van der Waals surface area contributed by atoms with Gasteiger partial charge in [-0.05, 0) is 5.54 Å². The Morgan fingerprint density at radius 3 is 2.56 bits per heavy atom. The van der Waals surface area contributed by atoms with Gasteiger partial charge in [0.05, 0.1) is 0 Å². The van der Waals surface area contributed by atoms with Crippen molar-refractivity contribution < 1.29 is 4.12 Å². The summed E-state index contributed by atoms with van der Waals surface area (Å²) in [5, 5.41) is 0. The Morgan fingerprint density at radius 2 is 2.22 bits per heavy atom. The highest BCUT2D eigenvalue weighted by molar-refractivity contribution is 6.36. The van der Waals surface area contributed by atoms with Crippen molar-refractivity contribution in [2.45, 2.75) is 38.7 Å². The highest BCUT2D eigenvalue weighted by Gasteiger charge is 2.03. The summed E-state index contributed by atoms with van der Waals surface area (Å²) in [4.78, 5) is 0. The van der Waals surface area contributed by atoms with Crippen molar-refractivity contribution in [3.63, 3.8) is 0 Å². The summed E-state index contributed by atoms with van der Waals surface area (Å²) < 4.78 is 5.33. The quantitative estimate of drug-likeness (QED) is 0.531. The lowest BCUT2D eigenvalue weighted by Gasteiger charge is -2.10. The molecule has 0 N–H and O–H groups in total. The predicted octanol–water partition coefficient (Wildman–Crippen LogP) is 0.366. The van der Waals surface area contributed by atoms with E-state index in [1.807, 2.05) is 0 Å². The lowest BCUT2D eigenvalue weighted by atomic mass is 10.2. The average molecular weight is 162 g/mol. The zero-order valence-electron chi connectivity index (χ0n) is 6.81. The molecule has 0 aromatic heterocycles. The van der Waals surface area contributed by atoms with Crippen LogP contribution in [-0.4, -0.2) is 20.2 Å². The molecule has 0 aliphatic heterocycles. The Kier molecular flexibility index (Phi) is 6.80. The zero-order chi connectivity index (χ0) is 7.11. The second-order valence-electron chi connectivity index (χ2n) is 2.52. The fourth-order valence-electron chi connectivity index (χ4n) is 1.05. The fraction of sp³-hybridized carbons (Fsp3) is 1.00. The van der Waals surface area contributed by atoms with Gasteiger partial charge in [-0.3, -0.25) is 0 Å². The van der Waals surface area contributed by atoms with E-state index in [1.54, 1.807) is 0 Å². The molecule has 0 radical (unpaired) electrons. The van der Waals surface area contributed by atoms with Gasteiger partial charge in [-0.2, -0.15) is 0 Å². The fourth-order valence-corrected chi connectivity index (χ4v) is 3.75. The van der Waals surface area contributed by atoms with Gasteiger partial charge in [-0.25, -0.2) is 0 Å². The molecule has 0 fully saturated rings. The molecule has 0 spiro atoms. The molecule has 0 rings (SSSR count). The van der Waals surface area contributed by atoms with Gasteiger partial charge in [-0.1, -0.05) is 33.1 Å². The Bertz CT molecular complexity index is 53.0. The number of hydrogen-bond acceptors (Lipinski definition) is 1. The van der Waals surface area contributed by atoms with Crippen LogP contribution in [0.1, 0.15) is 33.1 Å². The zero-order valence-corrected chi connectivity index (χ0v) is 10.2. The molecule has 0 saturated heterocycles. The molecule has 0 aromatic rings. The largest absolute Gasteiger partial charge is 0.468 e. The smallest absolute Gasteiger partial charge is 0.148 e. The molecule has 0 aromatic carbocycles. The van der Waals surface area contributed by atoms with E-state index in [-0.39, 0.29) is 9.76 Å². The summed E-state index contributed by atoms with van der Waals surface area (Å²) >= 11 is 0. The van der Waals surface area contributed by atoms with Crippen molar-refractivity contribution in [2.24, 2.45) is 0 Å². The molecule has 9 heavy (non-hydrogen) atoms. The summed E-state index contributed by atoms with van der Waals surface area (Å²) in [5.74, 6) is 0. The van der Waals surface area contributed by atoms with E-state index in [2.05, 4.69) is 13.8 Å². The summed E-state index contributed by atoms with van der Waals surface area (Å²) in [7, 11) is 0.847. The molecule has 1 atom stereocenters. The Balaban J connectivity index is 3.18. The second-order valence-corrected chi connectivity index (χ2v) is 6.32. The highest BCUT2D eigenvalue weighted by atomic mass is 28.3. The van der Waals surface area contributed by atoms with Crippen molar-refractivity contribution in [1.29, 1.82) is 0 Å². The van der Waals surface area contributed by atoms with Crippen LogP contribution in [0.5, 0.6) is 0 Å². The first kappa shape index (κ1) is 9.39. The third-order valence-corrected chi connectivity index (χ3v) is 4.47. The van der Waals surface area contributed by atoms with Gasteiger partial charge in [0, 0.05) is 0 Å². The summed E-state index contributed by atoms with van der Waals surface area (Å²) in [5.41, 5.74) is 0.965. The minimum atomic E-state index is -0.114. The van der Waals surface area contributed by atoms with Crippen LogP contribution in [0.15, 0.2) is 0 Å². The Labute approximate surface area is 63.7 Å². The molecule has 0 aliphatic carbocycles. The predicted molar refractivity (Wildman–Crippen MR) is 48.5 cm³/mol. The van der Waals surface area contributed by atoms with E-state index < -0.39 is 0 Å². The van der Waals surface area contributed by atoms with Gasteiger partial charge in [-0.15, -0.1) is 0 Å². The van der Waals surface area contributed by atoms with E-state index in [0.29, 0.717) is 0 Å². The van der Waals surface area contributed by atoms with Crippen LogP contribution in [0.4, 0.5) is 0 Å². The monoisotopic (exact) mass is 162 g/mol. The Hall–Kier alpha value is 0.394. The molecule has 0 heterocycles. The van der Waals surface area contributed by atoms with Gasteiger partial charge in [0.15, 0.2) is 0 Å². The SMILES string of the molecule is CCCC(CC)[SiH2]O[SiH3]. The normalized spacial score (nSPS) is 15.3. The minimum Gasteiger partial charge on any atom is -0.468 e. The standard InChI is InChI=1S/C6H18OSi2/c1-3-5-6(4-2)9-7-8/h6H,3-5,9H2,1-2,8H3. The molecule has 0 bridgehead atoms. The van der Waals surface area contributed by atoms with Crippen LogP contribution in [0, 0.1) is 0 Å². The van der Waals surface area contributed by atoms with Crippen molar-refractivity contribution in [3.8, 4) is 0 Å². The van der Waals surface area contributed by atoms with Gasteiger partial charge in [0.25, 0.3) is 0 Å². The minimum absolute atomic E-state index is 0.114. The van der Waals surface area contributed by atoms with Crippen LogP contribution in [0.25, 0.3) is 0 Å². The van der Waals surface area contributed by atoms with Crippen molar-refractivity contribution in [3.05, 3.63) is 0 Å². The van der Waals surface area contributed by atoms with E-state index in [9.17, 15) is 0 Å². The highest BCUT2D eigenvalue weighted by Crippen LogP contribution is 2.15. The molecule has 1 nitrogen and oxygen atoms in total. The Morgan fingerprint density at radius 1 is 1.56 bits per heavy atom. The molecular formula is C6H18OSi2. The van der Waals surface area contributed by atoms with Crippen LogP contribution < -0.4 is 0 Å². The lowest BCUT2D eigenvalue weighted by molar-refractivity contribution is 0.591. The average Bonchev–Trinajstić information content (AvgIpc) is 1.88. The molecule has 0 aliphatic rings. The van der Waals surface area contributed by atoms with Gasteiger partial charge in [0.1, 0.15) is 20.2 Å². The summed E-state index contributed by atoms with van der Waals surface area (Å²) in [6.45, 7) is 4.53. The van der Waals surface area contributed by atoms with Crippen LogP contribution in [0.3, 0.4) is 0 Å². The van der Waals surface area contributed by atoms with Crippen LogP contribution in [-0.2, 0) is 4.12 Å². The van der Waals surface area contributed by atoms with E-state index in [1.165, 1.54) is 19.3 Å². The molecule has 3 heteroatoms. The molecular weight excluding hydrogens is 144 g/mol. The third kappa shape index (κ3) is 4.87. The molecule has 1 unspecified atom stereocenters. The second kappa shape index (κ2) is 6.51. The van der Waals surface area contributed by atoms with Gasteiger partial charge < -0.3 is 4.12 Å². The van der Waals surface area contributed by atoms with E-state index >= 15 is 0 Å². The van der Waals surface area contributed by atoms with Gasteiger partial charge in [0.2, 0.25) is 0 Å². The molecule has 0 amide bonds. The number of hydrogen-bond donors (Lipinski definition) is 0. The maximum absolute atomic E-state index is 5.33. The van der Waals surface area contributed by atoms with E-state index in [4.69, 9.17) is 4.12 Å². The first-order valence-electron chi connectivity index (χ1n) is 3.84. The van der Waals surface area contributed by atoms with E-state index in [0.717, 1.165) is 16.0 Å². The summed E-state index contributed by atoms with van der Waals surface area (Å²) in [6, 6.07) is 0. The van der Waals surface area contributed by atoms with Crippen molar-refractivity contribution in [2.75, 3.05) is 0 Å². The molecule has 56 valence electrons. The first-order chi connectivity index (χ1) is 4.35. The number of rotatable bonds is 5. The lowest BCUT2D eigenvalue weighted by Crippen LogP contribution is -2.05. The van der Waals surface area contributed by atoms with Crippen LogP contribution in [0.2, 0.25) is 5.54 Å². The maximum Gasteiger partial charge on any atom is 0.148 e. The van der Waals surface area contributed by atoms with Gasteiger partial charge >= 0.3 is 0 Å². The summed E-state index contributed by atoms with van der Waals surface area (Å²) in [6.07, 6.45) is 4.06. The first-order valence-corrected chi connectivity index (χ1v) is 6.05. The maximum atomic E-state index is 5.33.